The Morgan fingerprint density at radius 1 is 1.03 bits per heavy atom. The maximum atomic E-state index is 9.38. The van der Waals surface area contributed by atoms with Crippen LogP contribution in [0.4, 0.5) is 0 Å². The van der Waals surface area contributed by atoms with Crippen molar-refractivity contribution in [3.8, 4) is 6.07 Å². The minimum Gasteiger partial charge on any atom is -0.350 e. The molecule has 0 radical (unpaired) electrons. The third-order valence-corrected chi connectivity index (χ3v) is 6.88. The Morgan fingerprint density at radius 2 is 1.77 bits per heavy atom. The molecule has 2 aliphatic rings. The minimum absolute atomic E-state index is 0.331. The summed E-state index contributed by atoms with van der Waals surface area (Å²) in [5.41, 5.74) is 3.31. The summed E-state index contributed by atoms with van der Waals surface area (Å²) in [5, 5.41) is 10.7. The molecule has 0 amide bonds. The summed E-state index contributed by atoms with van der Waals surface area (Å²) < 4.78 is 14.4. The van der Waals surface area contributed by atoms with Gasteiger partial charge in [-0.15, -0.1) is 0 Å². The molecule has 2 saturated heterocycles. The molecule has 1 aromatic heterocycles. The lowest BCUT2D eigenvalue weighted by atomic mass is 10.0. The van der Waals surface area contributed by atoms with Crippen molar-refractivity contribution in [2.24, 2.45) is 0 Å². The van der Waals surface area contributed by atoms with E-state index in [2.05, 4.69) is 40.8 Å². The summed E-state index contributed by atoms with van der Waals surface area (Å²) in [6.45, 7) is 7.89. The molecular formula is C26H37N3O2. The molecule has 1 spiro atoms. The average molecular weight is 424 g/mol. The molecule has 2 aliphatic heterocycles. The van der Waals surface area contributed by atoms with Crippen molar-refractivity contribution in [3.63, 3.8) is 0 Å². The summed E-state index contributed by atoms with van der Waals surface area (Å²) in [6, 6.07) is 8.46. The highest BCUT2D eigenvalue weighted by atomic mass is 16.7. The first-order valence-electron chi connectivity index (χ1n) is 12.3. The van der Waals surface area contributed by atoms with E-state index in [0.717, 1.165) is 64.2 Å². The summed E-state index contributed by atoms with van der Waals surface area (Å²) >= 11 is 0. The first kappa shape index (κ1) is 22.3. The number of ether oxygens (including phenoxy) is 2. The van der Waals surface area contributed by atoms with E-state index in [0.29, 0.717) is 0 Å². The fourth-order valence-electron chi connectivity index (χ4n) is 5.01. The lowest BCUT2D eigenvalue weighted by Gasteiger charge is -2.43. The van der Waals surface area contributed by atoms with Crippen molar-refractivity contribution in [2.45, 2.75) is 83.6 Å². The molecule has 5 nitrogen and oxygen atoms in total. The SMILES string of the molecule is CCCCCCCCn1cc(CN2CCC3(CC2)OCCCO3)c2ccc(C#N)cc21. The van der Waals surface area contributed by atoms with E-state index in [-0.39, 0.29) is 5.79 Å². The van der Waals surface area contributed by atoms with Gasteiger partial charge in [-0.25, -0.2) is 0 Å². The molecule has 31 heavy (non-hydrogen) atoms. The second kappa shape index (κ2) is 10.6. The zero-order chi connectivity index (χ0) is 21.5. The van der Waals surface area contributed by atoms with Crippen LogP contribution in [0.15, 0.2) is 24.4 Å². The highest BCUT2D eigenvalue weighted by molar-refractivity contribution is 5.85. The number of unbranched alkanes of at least 4 members (excludes halogenated alkanes) is 5. The van der Waals surface area contributed by atoms with Crippen LogP contribution in [0.1, 0.15) is 75.8 Å². The maximum Gasteiger partial charge on any atom is 0.170 e. The first-order valence-corrected chi connectivity index (χ1v) is 12.3. The fraction of sp³-hybridized carbons (Fsp3) is 0.654. The number of aryl methyl sites for hydroxylation is 1. The zero-order valence-electron chi connectivity index (χ0n) is 19.1. The third-order valence-electron chi connectivity index (χ3n) is 6.88. The van der Waals surface area contributed by atoms with Crippen molar-refractivity contribution >= 4 is 10.9 Å². The number of aromatic nitrogens is 1. The number of fused-ring (bicyclic) bond motifs is 1. The second-order valence-corrected chi connectivity index (χ2v) is 9.20. The van der Waals surface area contributed by atoms with E-state index in [1.54, 1.807) is 0 Å². The summed E-state index contributed by atoms with van der Waals surface area (Å²) in [5.74, 6) is -0.331. The van der Waals surface area contributed by atoms with Gasteiger partial charge < -0.3 is 14.0 Å². The monoisotopic (exact) mass is 423 g/mol. The van der Waals surface area contributed by atoms with Crippen LogP contribution in [0, 0.1) is 11.3 Å². The van der Waals surface area contributed by atoms with Crippen LogP contribution in [0.25, 0.3) is 10.9 Å². The molecule has 0 unspecified atom stereocenters. The highest BCUT2D eigenvalue weighted by Crippen LogP contribution is 2.32. The molecule has 0 aliphatic carbocycles. The number of benzene rings is 1. The van der Waals surface area contributed by atoms with E-state index in [9.17, 15) is 5.26 Å². The topological polar surface area (TPSA) is 50.4 Å². The highest BCUT2D eigenvalue weighted by Gasteiger charge is 2.38. The van der Waals surface area contributed by atoms with Crippen molar-refractivity contribution in [2.75, 3.05) is 26.3 Å². The first-order chi connectivity index (χ1) is 15.2. The van der Waals surface area contributed by atoms with Gasteiger partial charge in [0.2, 0.25) is 0 Å². The number of nitrogens with zero attached hydrogens (tertiary/aromatic N) is 3. The van der Waals surface area contributed by atoms with Gasteiger partial charge in [0.25, 0.3) is 0 Å². The third kappa shape index (κ3) is 5.49. The lowest BCUT2D eigenvalue weighted by molar-refractivity contribution is -0.284. The Balaban J connectivity index is 1.42. The van der Waals surface area contributed by atoms with Gasteiger partial charge in [-0.3, -0.25) is 4.90 Å². The lowest BCUT2D eigenvalue weighted by Crippen LogP contribution is -2.49. The van der Waals surface area contributed by atoms with Crippen LogP contribution in [0.2, 0.25) is 0 Å². The summed E-state index contributed by atoms with van der Waals surface area (Å²) in [7, 11) is 0. The van der Waals surface area contributed by atoms with Crippen LogP contribution < -0.4 is 0 Å². The number of nitriles is 1. The molecule has 1 aromatic carbocycles. The van der Waals surface area contributed by atoms with Crippen LogP contribution >= 0.6 is 0 Å². The molecule has 168 valence electrons. The zero-order valence-corrected chi connectivity index (χ0v) is 19.1. The Kier molecular flexibility index (Phi) is 7.66. The van der Waals surface area contributed by atoms with Crippen LogP contribution in [-0.4, -0.2) is 41.6 Å². The number of rotatable bonds is 9. The standard InChI is InChI=1S/C26H37N3O2/c1-2-3-4-5-6-7-13-29-21-23(24-10-9-22(19-27)18-25(24)29)20-28-14-11-26(12-15-28)30-16-8-17-31-26/h9-10,18,21H,2-8,11-17,20H2,1H3. The van der Waals surface area contributed by atoms with Crippen LogP contribution in [0.3, 0.4) is 0 Å². The molecular weight excluding hydrogens is 386 g/mol. The largest absolute Gasteiger partial charge is 0.350 e. The van der Waals surface area contributed by atoms with Gasteiger partial charge in [-0.05, 0) is 30.5 Å². The molecule has 3 heterocycles. The number of likely N-dealkylation sites (tertiary alicyclic amines) is 1. The van der Waals surface area contributed by atoms with E-state index in [4.69, 9.17) is 9.47 Å². The minimum atomic E-state index is -0.331. The molecule has 2 aromatic rings. The van der Waals surface area contributed by atoms with Crippen LogP contribution in [0.5, 0.6) is 0 Å². The van der Waals surface area contributed by atoms with Gasteiger partial charge >= 0.3 is 0 Å². The fourth-order valence-corrected chi connectivity index (χ4v) is 5.01. The van der Waals surface area contributed by atoms with Gasteiger partial charge in [-0.2, -0.15) is 5.26 Å². The van der Waals surface area contributed by atoms with E-state index >= 15 is 0 Å². The molecule has 2 fully saturated rings. The van der Waals surface area contributed by atoms with E-state index in [1.807, 2.05) is 6.07 Å². The molecule has 4 rings (SSSR count). The van der Waals surface area contributed by atoms with Gasteiger partial charge in [0.1, 0.15) is 0 Å². The van der Waals surface area contributed by atoms with Gasteiger partial charge in [0.05, 0.1) is 24.8 Å². The van der Waals surface area contributed by atoms with Crippen molar-refractivity contribution in [1.29, 1.82) is 5.26 Å². The summed E-state index contributed by atoms with van der Waals surface area (Å²) in [4.78, 5) is 2.52. The smallest absolute Gasteiger partial charge is 0.170 e. The Labute approximate surface area is 186 Å². The van der Waals surface area contributed by atoms with E-state index < -0.39 is 0 Å². The Morgan fingerprint density at radius 3 is 2.52 bits per heavy atom. The number of piperidine rings is 1. The van der Waals surface area contributed by atoms with Crippen molar-refractivity contribution < 1.29 is 9.47 Å². The predicted molar refractivity (Wildman–Crippen MR) is 124 cm³/mol. The van der Waals surface area contributed by atoms with E-state index in [1.165, 1.54) is 55.0 Å². The number of hydrogen-bond donors (Lipinski definition) is 0. The van der Waals surface area contributed by atoms with Crippen LogP contribution in [-0.2, 0) is 22.6 Å². The average Bonchev–Trinajstić information content (AvgIpc) is 3.15. The molecule has 0 atom stereocenters. The number of hydrogen-bond acceptors (Lipinski definition) is 4. The van der Waals surface area contributed by atoms with Gasteiger partial charge in [0.15, 0.2) is 5.79 Å². The normalized spacial score (nSPS) is 19.1. The van der Waals surface area contributed by atoms with Crippen molar-refractivity contribution in [3.05, 3.63) is 35.5 Å². The maximum absolute atomic E-state index is 9.38. The molecule has 0 N–H and O–H groups in total. The van der Waals surface area contributed by atoms with Gasteiger partial charge in [-0.1, -0.05) is 45.1 Å². The second-order valence-electron chi connectivity index (χ2n) is 9.20. The molecule has 5 heteroatoms. The molecule has 0 bridgehead atoms. The quantitative estimate of drug-likeness (QED) is 0.493. The Bertz CT molecular complexity index is 882. The molecule has 0 saturated carbocycles. The van der Waals surface area contributed by atoms with Crippen molar-refractivity contribution in [1.82, 2.24) is 9.47 Å². The predicted octanol–water partition coefficient (Wildman–Crippen LogP) is 5.60. The Hall–Kier alpha value is -1.87. The van der Waals surface area contributed by atoms with Gasteiger partial charge in [0, 0.05) is 56.1 Å². The summed E-state index contributed by atoms with van der Waals surface area (Å²) in [6.07, 6.45) is 13.0.